The SMILES string of the molecule is C=CC(=O)c1cn(C(CC)CC)c(-c2c#cc(CC)c(-c3ccc(F)cc3)c2)cc1=O.CC(C)C.[HH]. The van der Waals surface area contributed by atoms with Gasteiger partial charge in [0.05, 0.1) is 11.3 Å². The summed E-state index contributed by atoms with van der Waals surface area (Å²) in [6.07, 6.45) is 5.23. The van der Waals surface area contributed by atoms with Crippen molar-refractivity contribution in [2.45, 2.75) is 66.8 Å². The maximum atomic E-state index is 13.4. The van der Waals surface area contributed by atoms with Crippen LogP contribution in [-0.4, -0.2) is 10.4 Å². The minimum absolute atomic E-state index is 0. The maximum absolute atomic E-state index is 13.4. The van der Waals surface area contributed by atoms with Crippen molar-refractivity contribution in [1.82, 2.24) is 4.57 Å². The monoisotopic (exact) mass is 475 g/mol. The number of rotatable bonds is 8. The number of halogens is 1. The smallest absolute Gasteiger partial charge is 0.193 e. The first-order chi connectivity index (χ1) is 16.7. The molecule has 0 atom stereocenters. The van der Waals surface area contributed by atoms with Crippen molar-refractivity contribution in [1.29, 1.82) is 0 Å². The van der Waals surface area contributed by atoms with E-state index in [1.54, 1.807) is 18.3 Å². The van der Waals surface area contributed by atoms with E-state index in [1.165, 1.54) is 18.2 Å². The summed E-state index contributed by atoms with van der Waals surface area (Å²) >= 11 is 0. The Bertz CT molecular complexity index is 1210. The third kappa shape index (κ3) is 7.02. The molecule has 3 rings (SSSR count). The molecule has 0 saturated heterocycles. The van der Waals surface area contributed by atoms with Crippen LogP contribution in [0.3, 0.4) is 0 Å². The summed E-state index contributed by atoms with van der Waals surface area (Å²) in [5, 5.41) is 0. The second-order valence-corrected chi connectivity index (χ2v) is 9.18. The van der Waals surface area contributed by atoms with Gasteiger partial charge < -0.3 is 4.57 Å². The quantitative estimate of drug-likeness (QED) is 0.244. The first-order valence-electron chi connectivity index (χ1n) is 12.3. The molecule has 0 amide bonds. The standard InChI is InChI=1S/C27H26FNO2.C4H10.H2/c1-5-18-9-10-20(15-23(18)19-11-13-21(28)14-12-19)25-16-27(31)24(26(30)8-4)17-29(25)22(6-2)7-3;1-4(2)3;/h8,11-17,22H,4-7H2,1-3H3;4H,1-3H3;1H. The Kier molecular flexibility index (Phi) is 10.2. The number of hydrogen-bond donors (Lipinski definition) is 0. The number of ketones is 1. The normalized spacial score (nSPS) is 10.5. The third-order valence-electron chi connectivity index (χ3n) is 5.61. The van der Waals surface area contributed by atoms with Crippen molar-refractivity contribution in [2.24, 2.45) is 5.92 Å². The highest BCUT2D eigenvalue weighted by Gasteiger charge is 2.18. The fourth-order valence-electron chi connectivity index (χ4n) is 3.83. The van der Waals surface area contributed by atoms with E-state index in [2.05, 4.69) is 53.3 Å². The van der Waals surface area contributed by atoms with E-state index in [9.17, 15) is 14.0 Å². The van der Waals surface area contributed by atoms with Gasteiger partial charge >= 0.3 is 0 Å². The summed E-state index contributed by atoms with van der Waals surface area (Å²) in [6.45, 7) is 16.2. The molecule has 0 unspecified atom stereocenters. The van der Waals surface area contributed by atoms with Crippen LogP contribution in [0.4, 0.5) is 4.39 Å². The number of carbonyl (C=O) groups is 1. The van der Waals surface area contributed by atoms with Gasteiger partial charge in [-0.05, 0) is 60.6 Å². The molecule has 1 aromatic heterocycles. The van der Waals surface area contributed by atoms with Crippen LogP contribution in [0, 0.1) is 23.9 Å². The van der Waals surface area contributed by atoms with Gasteiger partial charge in [-0.3, -0.25) is 9.59 Å². The number of hydrogen-bond acceptors (Lipinski definition) is 2. The molecule has 0 saturated carbocycles. The molecule has 0 radical (unpaired) electrons. The van der Waals surface area contributed by atoms with Gasteiger partial charge in [-0.15, -0.1) is 0 Å². The van der Waals surface area contributed by atoms with Crippen molar-refractivity contribution in [3.05, 3.63) is 94.6 Å². The Balaban J connectivity index is 0.00000120. The van der Waals surface area contributed by atoms with Crippen LogP contribution in [0.2, 0.25) is 0 Å². The summed E-state index contributed by atoms with van der Waals surface area (Å²) in [7, 11) is 0. The number of allylic oxidation sites excluding steroid dienone is 1. The van der Waals surface area contributed by atoms with Crippen LogP contribution in [0.1, 0.15) is 77.8 Å². The molecular formula is C31H38FNO2. The largest absolute Gasteiger partial charge is 0.343 e. The van der Waals surface area contributed by atoms with Gasteiger partial charge in [0.15, 0.2) is 11.2 Å². The van der Waals surface area contributed by atoms with Crippen LogP contribution in [0.15, 0.2) is 60.0 Å². The van der Waals surface area contributed by atoms with E-state index in [-0.39, 0.29) is 30.1 Å². The molecule has 4 heteroatoms. The minimum Gasteiger partial charge on any atom is -0.343 e. The van der Waals surface area contributed by atoms with Gasteiger partial charge in [0.25, 0.3) is 0 Å². The van der Waals surface area contributed by atoms with Crippen molar-refractivity contribution in [3.63, 3.8) is 0 Å². The molecule has 0 aliphatic carbocycles. The van der Waals surface area contributed by atoms with Crippen molar-refractivity contribution >= 4 is 5.78 Å². The lowest BCUT2D eigenvalue weighted by Crippen LogP contribution is -2.20. The second kappa shape index (κ2) is 12.9. The molecule has 0 bridgehead atoms. The zero-order valence-corrected chi connectivity index (χ0v) is 21.7. The van der Waals surface area contributed by atoms with Crippen molar-refractivity contribution in [2.75, 3.05) is 0 Å². The third-order valence-corrected chi connectivity index (χ3v) is 5.61. The molecular weight excluding hydrogens is 437 g/mol. The van der Waals surface area contributed by atoms with Crippen molar-refractivity contribution in [3.8, 4) is 22.4 Å². The highest BCUT2D eigenvalue weighted by Crippen LogP contribution is 2.30. The lowest BCUT2D eigenvalue weighted by molar-refractivity contribution is 0.104. The predicted molar refractivity (Wildman–Crippen MR) is 145 cm³/mol. The summed E-state index contributed by atoms with van der Waals surface area (Å²) in [6, 6.07) is 16.3. The molecule has 2 aromatic carbocycles. The molecule has 0 spiro atoms. The average molecular weight is 476 g/mol. The van der Waals surface area contributed by atoms with Crippen LogP contribution in [0.25, 0.3) is 22.4 Å². The van der Waals surface area contributed by atoms with Gasteiger partial charge in [0, 0.05) is 30.9 Å². The zero-order valence-electron chi connectivity index (χ0n) is 21.7. The first-order valence-corrected chi connectivity index (χ1v) is 12.3. The lowest BCUT2D eigenvalue weighted by atomic mass is 9.96. The van der Waals surface area contributed by atoms with Gasteiger partial charge in [-0.2, -0.15) is 0 Å². The number of aromatic nitrogens is 1. The minimum atomic E-state index is -0.389. The first kappa shape index (κ1) is 27.8. The lowest BCUT2D eigenvalue weighted by Gasteiger charge is -2.22. The maximum Gasteiger partial charge on any atom is 0.193 e. The molecule has 0 N–H and O–H groups in total. The summed E-state index contributed by atoms with van der Waals surface area (Å²) < 4.78 is 15.4. The molecule has 0 fully saturated rings. The topological polar surface area (TPSA) is 39.1 Å². The van der Waals surface area contributed by atoms with E-state index in [4.69, 9.17) is 0 Å². The predicted octanol–water partition coefficient (Wildman–Crippen LogP) is 8.12. The van der Waals surface area contributed by atoms with Crippen LogP contribution >= 0.6 is 0 Å². The molecule has 3 aromatic rings. The van der Waals surface area contributed by atoms with Gasteiger partial charge in [0.1, 0.15) is 5.82 Å². The number of benzene rings is 1. The van der Waals surface area contributed by atoms with E-state index in [0.29, 0.717) is 11.3 Å². The molecule has 35 heavy (non-hydrogen) atoms. The van der Waals surface area contributed by atoms with E-state index >= 15 is 0 Å². The summed E-state index contributed by atoms with van der Waals surface area (Å²) in [4.78, 5) is 24.9. The Morgan fingerprint density at radius 2 is 1.69 bits per heavy atom. The van der Waals surface area contributed by atoms with Crippen LogP contribution < -0.4 is 5.43 Å². The molecule has 1 heterocycles. The van der Waals surface area contributed by atoms with Gasteiger partial charge in [0.2, 0.25) is 0 Å². The molecule has 0 aliphatic rings. The van der Waals surface area contributed by atoms with Gasteiger partial charge in [-0.25, -0.2) is 4.39 Å². The Hall–Kier alpha value is -3.45. The van der Waals surface area contributed by atoms with E-state index < -0.39 is 0 Å². The number of carbonyl (C=O) groups excluding carboxylic acids is 1. The number of pyridine rings is 1. The highest BCUT2D eigenvalue weighted by atomic mass is 19.1. The fraction of sp³-hybridized carbons (Fsp3) is 0.355. The van der Waals surface area contributed by atoms with Crippen molar-refractivity contribution < 1.29 is 10.6 Å². The number of nitrogens with zero attached hydrogens (tertiary/aromatic N) is 1. The van der Waals surface area contributed by atoms with Crippen LogP contribution in [-0.2, 0) is 6.42 Å². The van der Waals surface area contributed by atoms with Gasteiger partial charge in [-0.1, -0.05) is 72.4 Å². The highest BCUT2D eigenvalue weighted by molar-refractivity contribution is 6.04. The average Bonchev–Trinajstić information content (AvgIpc) is 2.84. The van der Waals surface area contributed by atoms with E-state index in [0.717, 1.165) is 47.9 Å². The second-order valence-electron chi connectivity index (χ2n) is 9.18. The molecule has 0 aliphatic heterocycles. The Labute approximate surface area is 210 Å². The summed E-state index contributed by atoms with van der Waals surface area (Å²) in [5.74, 6) is 0.152. The summed E-state index contributed by atoms with van der Waals surface area (Å²) in [5.41, 5.74) is 3.91. The molecule has 3 nitrogen and oxygen atoms in total. The fourth-order valence-corrected chi connectivity index (χ4v) is 3.83. The Morgan fingerprint density at radius 3 is 2.20 bits per heavy atom. The zero-order chi connectivity index (χ0) is 26.1. The van der Waals surface area contributed by atoms with Crippen LogP contribution in [0.5, 0.6) is 0 Å². The molecule has 186 valence electrons. The Morgan fingerprint density at radius 1 is 1.09 bits per heavy atom. The van der Waals surface area contributed by atoms with E-state index in [1.807, 2.05) is 17.6 Å².